The van der Waals surface area contributed by atoms with Crippen molar-refractivity contribution >= 4 is 11.9 Å². The fourth-order valence-corrected chi connectivity index (χ4v) is 0.888. The summed E-state index contributed by atoms with van der Waals surface area (Å²) in [7, 11) is 0. The zero-order valence-electron chi connectivity index (χ0n) is 8.05. The summed E-state index contributed by atoms with van der Waals surface area (Å²) in [6.07, 6.45) is -0.771. The average Bonchev–Trinajstić information content (AvgIpc) is 2.31. The van der Waals surface area contributed by atoms with E-state index < -0.39 is 6.09 Å². The fraction of sp³-hybridized carbons (Fsp3) is 0.750. The molecular formula is C8H16N2O2. The molecule has 0 aromatic heterocycles. The van der Waals surface area contributed by atoms with Crippen molar-refractivity contribution in [3.63, 3.8) is 0 Å². The van der Waals surface area contributed by atoms with Crippen LogP contribution in [0.3, 0.4) is 0 Å². The molecule has 1 fully saturated rings. The molecule has 1 rings (SSSR count). The number of amides is 1. The Morgan fingerprint density at radius 2 is 2.08 bits per heavy atom. The zero-order chi connectivity index (χ0) is 9.72. The van der Waals surface area contributed by atoms with Crippen molar-refractivity contribution in [1.82, 2.24) is 4.90 Å². The van der Waals surface area contributed by atoms with Gasteiger partial charge in [-0.3, -0.25) is 10.3 Å². The van der Waals surface area contributed by atoms with Crippen LogP contribution in [0.5, 0.6) is 0 Å². The largest absolute Gasteiger partial charge is 0.438 e. The van der Waals surface area contributed by atoms with Gasteiger partial charge in [0, 0.05) is 6.54 Å². The van der Waals surface area contributed by atoms with Gasteiger partial charge in [0.05, 0.1) is 0 Å². The number of nitrogens with zero attached hydrogens (tertiary/aromatic N) is 1. The zero-order valence-corrected chi connectivity index (χ0v) is 8.05. The molecule has 0 bridgehead atoms. The lowest BCUT2D eigenvalue weighted by atomic mass is 10.3. The van der Waals surface area contributed by atoms with Crippen LogP contribution >= 0.6 is 0 Å². The number of ether oxygens (including phenoxy) is 1. The Kier molecular flexibility index (Phi) is 4.33. The van der Waals surface area contributed by atoms with Gasteiger partial charge in [-0.1, -0.05) is 13.8 Å². The molecule has 1 saturated heterocycles. The van der Waals surface area contributed by atoms with Gasteiger partial charge in [-0.2, -0.15) is 0 Å². The Bertz CT molecular complexity index is 180. The molecule has 1 atom stereocenters. The standard InChI is InChI=1S/C6H10N2O2.C2H6/c1-3-8-5(7)4(2)10-6(8)9;1-2/h4,7H,3H2,1-2H3;1-2H3. The van der Waals surface area contributed by atoms with E-state index in [0.29, 0.717) is 6.54 Å². The van der Waals surface area contributed by atoms with Gasteiger partial charge >= 0.3 is 6.09 Å². The minimum Gasteiger partial charge on any atom is -0.438 e. The van der Waals surface area contributed by atoms with Crippen LogP contribution in [0.2, 0.25) is 0 Å². The third-order valence-corrected chi connectivity index (χ3v) is 1.49. The third kappa shape index (κ3) is 1.96. The van der Waals surface area contributed by atoms with E-state index in [0.717, 1.165) is 0 Å². The lowest BCUT2D eigenvalue weighted by Gasteiger charge is -2.07. The van der Waals surface area contributed by atoms with E-state index in [-0.39, 0.29) is 11.9 Å². The van der Waals surface area contributed by atoms with E-state index in [1.54, 1.807) is 6.92 Å². The van der Waals surface area contributed by atoms with E-state index >= 15 is 0 Å². The maximum Gasteiger partial charge on any atom is 0.416 e. The van der Waals surface area contributed by atoms with E-state index in [1.165, 1.54) is 4.90 Å². The summed E-state index contributed by atoms with van der Waals surface area (Å²) >= 11 is 0. The molecule has 0 saturated carbocycles. The minimum absolute atomic E-state index is 0.257. The van der Waals surface area contributed by atoms with Gasteiger partial charge < -0.3 is 4.74 Å². The number of likely N-dealkylation sites (N-methyl/N-ethyl adjacent to an activating group) is 1. The van der Waals surface area contributed by atoms with Gasteiger partial charge in [0.15, 0.2) is 6.10 Å². The molecule has 4 nitrogen and oxygen atoms in total. The van der Waals surface area contributed by atoms with Crippen molar-refractivity contribution in [2.24, 2.45) is 0 Å². The van der Waals surface area contributed by atoms with Crippen molar-refractivity contribution in [1.29, 1.82) is 5.41 Å². The summed E-state index contributed by atoms with van der Waals surface area (Å²) in [5, 5.41) is 7.32. The van der Waals surface area contributed by atoms with Gasteiger partial charge in [0.2, 0.25) is 0 Å². The molecule has 0 aromatic rings. The number of hydrogen-bond donors (Lipinski definition) is 1. The summed E-state index contributed by atoms with van der Waals surface area (Å²) in [5.41, 5.74) is 0. The van der Waals surface area contributed by atoms with Crippen LogP contribution in [0.25, 0.3) is 0 Å². The smallest absolute Gasteiger partial charge is 0.416 e. The number of carbonyl (C=O) groups excluding carboxylic acids is 1. The molecule has 70 valence electrons. The minimum atomic E-state index is -0.403. The van der Waals surface area contributed by atoms with Crippen molar-refractivity contribution in [2.75, 3.05) is 6.54 Å². The van der Waals surface area contributed by atoms with Gasteiger partial charge in [-0.25, -0.2) is 4.79 Å². The summed E-state index contributed by atoms with van der Waals surface area (Å²) in [6, 6.07) is 0. The van der Waals surface area contributed by atoms with Gasteiger partial charge in [0.1, 0.15) is 5.84 Å². The average molecular weight is 172 g/mol. The van der Waals surface area contributed by atoms with Crippen molar-refractivity contribution in [3.8, 4) is 0 Å². The predicted molar refractivity (Wildman–Crippen MR) is 47.4 cm³/mol. The lowest BCUT2D eigenvalue weighted by molar-refractivity contribution is 0.140. The second-order valence-electron chi connectivity index (χ2n) is 2.16. The number of cyclic esters (lactones) is 1. The lowest BCUT2D eigenvalue weighted by Crippen LogP contribution is -2.29. The normalized spacial score (nSPS) is 21.7. The van der Waals surface area contributed by atoms with E-state index in [2.05, 4.69) is 0 Å². The summed E-state index contributed by atoms with van der Waals surface area (Å²) in [4.78, 5) is 12.1. The van der Waals surface area contributed by atoms with Gasteiger partial charge in [-0.05, 0) is 13.8 Å². The van der Waals surface area contributed by atoms with Gasteiger partial charge in [0.25, 0.3) is 0 Å². The molecule has 4 heteroatoms. The summed E-state index contributed by atoms with van der Waals surface area (Å²) < 4.78 is 4.74. The van der Waals surface area contributed by atoms with Crippen molar-refractivity contribution in [3.05, 3.63) is 0 Å². The molecule has 0 radical (unpaired) electrons. The van der Waals surface area contributed by atoms with E-state index in [9.17, 15) is 4.79 Å². The van der Waals surface area contributed by atoms with Crippen LogP contribution in [0.1, 0.15) is 27.7 Å². The van der Waals surface area contributed by atoms with Crippen LogP contribution in [0.4, 0.5) is 4.79 Å². The van der Waals surface area contributed by atoms with Crippen LogP contribution in [-0.2, 0) is 4.74 Å². The van der Waals surface area contributed by atoms with Crippen LogP contribution in [0, 0.1) is 5.41 Å². The highest BCUT2D eigenvalue weighted by molar-refractivity contribution is 6.01. The fourth-order valence-electron chi connectivity index (χ4n) is 0.888. The summed E-state index contributed by atoms with van der Waals surface area (Å²) in [6.45, 7) is 8.02. The predicted octanol–water partition coefficient (Wildman–Crippen LogP) is 1.85. The first kappa shape index (κ1) is 10.9. The van der Waals surface area contributed by atoms with E-state index in [1.807, 2.05) is 20.8 Å². The third-order valence-electron chi connectivity index (χ3n) is 1.49. The Labute approximate surface area is 73.0 Å². The quantitative estimate of drug-likeness (QED) is 0.656. The molecule has 12 heavy (non-hydrogen) atoms. The Morgan fingerprint density at radius 3 is 2.25 bits per heavy atom. The first-order valence-corrected chi connectivity index (χ1v) is 4.23. The van der Waals surface area contributed by atoms with Crippen molar-refractivity contribution < 1.29 is 9.53 Å². The molecule has 0 spiro atoms. The molecular weight excluding hydrogens is 156 g/mol. The second kappa shape index (κ2) is 4.74. The molecule has 1 aliphatic rings. The molecule has 0 aromatic carbocycles. The maximum absolute atomic E-state index is 10.8. The first-order valence-electron chi connectivity index (χ1n) is 4.23. The molecule has 1 N–H and O–H groups in total. The van der Waals surface area contributed by atoms with Crippen LogP contribution in [0.15, 0.2) is 0 Å². The Hall–Kier alpha value is -1.06. The maximum atomic E-state index is 10.8. The highest BCUT2D eigenvalue weighted by atomic mass is 16.6. The van der Waals surface area contributed by atoms with Crippen LogP contribution in [-0.4, -0.2) is 29.5 Å². The number of carbonyl (C=O) groups is 1. The highest BCUT2D eigenvalue weighted by Crippen LogP contribution is 2.11. The van der Waals surface area contributed by atoms with Crippen LogP contribution < -0.4 is 0 Å². The molecule has 1 unspecified atom stereocenters. The number of hydrogen-bond acceptors (Lipinski definition) is 3. The summed E-state index contributed by atoms with van der Waals surface area (Å²) in [5.74, 6) is 0.257. The second-order valence-corrected chi connectivity index (χ2v) is 2.16. The molecule has 0 aliphatic carbocycles. The monoisotopic (exact) mass is 172 g/mol. The SMILES string of the molecule is CC.CCN1C(=N)C(C)OC1=O. The Morgan fingerprint density at radius 1 is 1.58 bits per heavy atom. The van der Waals surface area contributed by atoms with Crippen molar-refractivity contribution in [2.45, 2.75) is 33.8 Å². The molecule has 1 amide bonds. The van der Waals surface area contributed by atoms with Gasteiger partial charge in [-0.15, -0.1) is 0 Å². The topological polar surface area (TPSA) is 53.4 Å². The number of rotatable bonds is 1. The first-order chi connectivity index (χ1) is 5.66. The van der Waals surface area contributed by atoms with E-state index in [4.69, 9.17) is 10.1 Å². The number of amidine groups is 1. The highest BCUT2D eigenvalue weighted by Gasteiger charge is 2.32. The number of nitrogens with one attached hydrogen (secondary N) is 1. The Balaban J connectivity index is 0.000000561. The molecule has 1 heterocycles. The molecule has 1 aliphatic heterocycles.